The molecule has 1 aromatic heterocycles. The quantitative estimate of drug-likeness (QED) is 0.851. The molecule has 4 heteroatoms. The maximum atomic E-state index is 13.4. The first-order chi connectivity index (χ1) is 7.27. The monoisotopic (exact) mass is 268 g/mol. The lowest BCUT2D eigenvalue weighted by Crippen LogP contribution is -1.99. The van der Waals surface area contributed by atoms with Crippen molar-refractivity contribution in [3.8, 4) is 0 Å². The Morgan fingerprint density at radius 3 is 2.87 bits per heavy atom. The van der Waals surface area contributed by atoms with E-state index in [9.17, 15) is 4.39 Å². The number of hydrogen-bond acceptors (Lipinski definition) is 1. The third-order valence-electron chi connectivity index (χ3n) is 2.17. The molecule has 2 aromatic rings. The Kier molecular flexibility index (Phi) is 3.16. The van der Waals surface area contributed by atoms with Crippen LogP contribution in [0.15, 0.2) is 36.7 Å². The summed E-state index contributed by atoms with van der Waals surface area (Å²) < 4.78 is 13.4. The van der Waals surface area contributed by atoms with E-state index in [-0.39, 0.29) is 10.6 Å². The summed E-state index contributed by atoms with van der Waals surface area (Å²) in [5.41, 5.74) is 0.661. The number of hydrogen-bond donors (Lipinski definition) is 1. The Morgan fingerprint density at radius 2 is 2.20 bits per heavy atom. The van der Waals surface area contributed by atoms with Gasteiger partial charge in [0.2, 0.25) is 0 Å². The molecule has 1 N–H and O–H groups in total. The van der Waals surface area contributed by atoms with Gasteiger partial charge in [-0.3, -0.25) is 0 Å². The van der Waals surface area contributed by atoms with Gasteiger partial charge in [-0.2, -0.15) is 0 Å². The van der Waals surface area contributed by atoms with Crippen molar-refractivity contribution in [3.05, 3.63) is 53.9 Å². The first kappa shape index (κ1) is 10.4. The number of benzene rings is 1. The van der Waals surface area contributed by atoms with Crippen molar-refractivity contribution in [2.24, 2.45) is 0 Å². The molecule has 0 saturated carbocycles. The molecule has 15 heavy (non-hydrogen) atoms. The maximum absolute atomic E-state index is 13.4. The molecule has 0 aliphatic heterocycles. The Hall–Kier alpha value is -1.16. The van der Waals surface area contributed by atoms with Crippen molar-refractivity contribution in [3.63, 3.8) is 0 Å². The maximum Gasteiger partial charge on any atom is 0.127 e. The second kappa shape index (κ2) is 4.57. The summed E-state index contributed by atoms with van der Waals surface area (Å²) in [6.07, 6.45) is 4.10. The second-order valence-corrected chi connectivity index (χ2v) is 4.33. The lowest BCUT2D eigenvalue weighted by molar-refractivity contribution is 0.607. The van der Waals surface area contributed by atoms with Gasteiger partial charge in [-0.25, -0.2) is 9.37 Å². The molecule has 0 amide bonds. The minimum atomic E-state index is -0.189. The Labute approximate surface area is 95.7 Å². The van der Waals surface area contributed by atoms with Gasteiger partial charge < -0.3 is 4.98 Å². The third-order valence-corrected chi connectivity index (χ3v) is 2.99. The van der Waals surface area contributed by atoms with Crippen LogP contribution < -0.4 is 0 Å². The molecule has 78 valence electrons. The smallest absolute Gasteiger partial charge is 0.127 e. The molecule has 0 bridgehead atoms. The SMILES string of the molecule is Fc1ccccc1C(Br)Cc1ncc[nH]1. The zero-order valence-electron chi connectivity index (χ0n) is 7.95. The number of imidazole rings is 1. The summed E-state index contributed by atoms with van der Waals surface area (Å²) in [5.74, 6) is 0.658. The van der Waals surface area contributed by atoms with Crippen molar-refractivity contribution in [1.82, 2.24) is 9.97 Å². The number of alkyl halides is 1. The standard InChI is InChI=1S/C11H10BrFN2/c12-9(7-11-14-5-6-15-11)8-3-1-2-4-10(8)13/h1-6,9H,7H2,(H,14,15). The van der Waals surface area contributed by atoms with E-state index in [1.54, 1.807) is 24.5 Å². The minimum Gasteiger partial charge on any atom is -0.349 e. The zero-order chi connectivity index (χ0) is 10.7. The van der Waals surface area contributed by atoms with E-state index < -0.39 is 0 Å². The fourth-order valence-electron chi connectivity index (χ4n) is 1.42. The Bertz CT molecular complexity index is 428. The highest BCUT2D eigenvalue weighted by Gasteiger charge is 2.13. The number of nitrogens with one attached hydrogen (secondary N) is 1. The van der Waals surface area contributed by atoms with Gasteiger partial charge in [0.25, 0.3) is 0 Å². The predicted octanol–water partition coefficient (Wildman–Crippen LogP) is 3.23. The van der Waals surface area contributed by atoms with Crippen LogP contribution in [-0.4, -0.2) is 9.97 Å². The van der Waals surface area contributed by atoms with Crippen LogP contribution in [-0.2, 0) is 6.42 Å². The van der Waals surface area contributed by atoms with Gasteiger partial charge in [-0.15, -0.1) is 0 Å². The number of aromatic amines is 1. The fourth-order valence-corrected chi connectivity index (χ4v) is 2.10. The van der Waals surface area contributed by atoms with Crippen molar-refractivity contribution >= 4 is 15.9 Å². The van der Waals surface area contributed by atoms with Gasteiger partial charge in [-0.1, -0.05) is 34.1 Å². The largest absolute Gasteiger partial charge is 0.349 e. The molecule has 0 saturated heterocycles. The molecular weight excluding hydrogens is 259 g/mol. The van der Waals surface area contributed by atoms with Crippen LogP contribution in [0, 0.1) is 5.82 Å². The Morgan fingerprint density at radius 1 is 1.40 bits per heavy atom. The molecule has 2 rings (SSSR count). The van der Waals surface area contributed by atoms with E-state index in [1.807, 2.05) is 6.07 Å². The molecule has 1 atom stereocenters. The van der Waals surface area contributed by atoms with Crippen molar-refractivity contribution in [1.29, 1.82) is 0 Å². The van der Waals surface area contributed by atoms with Crippen LogP contribution >= 0.6 is 15.9 Å². The van der Waals surface area contributed by atoms with Crippen molar-refractivity contribution in [2.45, 2.75) is 11.2 Å². The zero-order valence-corrected chi connectivity index (χ0v) is 9.54. The molecule has 0 aliphatic rings. The van der Waals surface area contributed by atoms with Crippen LogP contribution in [0.4, 0.5) is 4.39 Å². The van der Waals surface area contributed by atoms with E-state index in [0.717, 1.165) is 5.82 Å². The number of H-pyrrole nitrogens is 1. The van der Waals surface area contributed by atoms with Gasteiger partial charge in [0.15, 0.2) is 0 Å². The number of aromatic nitrogens is 2. The fraction of sp³-hybridized carbons (Fsp3) is 0.182. The molecule has 1 unspecified atom stereocenters. The number of rotatable bonds is 3. The van der Waals surface area contributed by atoms with E-state index >= 15 is 0 Å². The van der Waals surface area contributed by atoms with Crippen LogP contribution in [0.5, 0.6) is 0 Å². The van der Waals surface area contributed by atoms with Crippen LogP contribution in [0.2, 0.25) is 0 Å². The van der Waals surface area contributed by atoms with Crippen molar-refractivity contribution in [2.75, 3.05) is 0 Å². The topological polar surface area (TPSA) is 28.7 Å². The summed E-state index contributed by atoms with van der Waals surface area (Å²) in [6, 6.07) is 6.75. The second-order valence-electron chi connectivity index (χ2n) is 3.23. The lowest BCUT2D eigenvalue weighted by atomic mass is 10.1. The van der Waals surface area contributed by atoms with Gasteiger partial charge in [-0.05, 0) is 6.07 Å². The summed E-state index contributed by atoms with van der Waals surface area (Å²) in [5, 5.41) is 0. The minimum absolute atomic E-state index is 0.0511. The molecule has 2 nitrogen and oxygen atoms in total. The first-order valence-corrected chi connectivity index (χ1v) is 5.55. The molecule has 1 heterocycles. The predicted molar refractivity (Wildman–Crippen MR) is 60.4 cm³/mol. The van der Waals surface area contributed by atoms with Crippen LogP contribution in [0.3, 0.4) is 0 Å². The van der Waals surface area contributed by atoms with Gasteiger partial charge in [0.1, 0.15) is 11.6 Å². The van der Waals surface area contributed by atoms with E-state index in [0.29, 0.717) is 12.0 Å². The summed E-state index contributed by atoms with van der Waals surface area (Å²) in [6.45, 7) is 0. The van der Waals surface area contributed by atoms with Gasteiger partial charge >= 0.3 is 0 Å². The third kappa shape index (κ3) is 2.45. The van der Waals surface area contributed by atoms with Gasteiger partial charge in [0, 0.05) is 29.2 Å². The summed E-state index contributed by atoms with van der Waals surface area (Å²) in [7, 11) is 0. The molecule has 0 fully saturated rings. The summed E-state index contributed by atoms with van der Waals surface area (Å²) in [4.78, 5) is 7.05. The van der Waals surface area contributed by atoms with E-state index in [1.165, 1.54) is 6.07 Å². The van der Waals surface area contributed by atoms with Gasteiger partial charge in [0.05, 0.1) is 0 Å². The average molecular weight is 269 g/mol. The van der Waals surface area contributed by atoms with Crippen LogP contribution in [0.25, 0.3) is 0 Å². The van der Waals surface area contributed by atoms with E-state index in [2.05, 4.69) is 25.9 Å². The highest BCUT2D eigenvalue weighted by molar-refractivity contribution is 9.09. The first-order valence-electron chi connectivity index (χ1n) is 4.64. The van der Waals surface area contributed by atoms with Crippen molar-refractivity contribution < 1.29 is 4.39 Å². The molecule has 1 aromatic carbocycles. The molecular formula is C11H10BrFN2. The highest BCUT2D eigenvalue weighted by Crippen LogP contribution is 2.27. The average Bonchev–Trinajstić information content (AvgIpc) is 2.71. The number of halogens is 2. The van der Waals surface area contributed by atoms with Crippen LogP contribution in [0.1, 0.15) is 16.2 Å². The summed E-state index contributed by atoms with van der Waals surface area (Å²) >= 11 is 3.46. The normalized spacial score (nSPS) is 12.7. The molecule has 0 aliphatic carbocycles. The molecule has 0 radical (unpaired) electrons. The molecule has 0 spiro atoms. The highest BCUT2D eigenvalue weighted by atomic mass is 79.9. The number of nitrogens with zero attached hydrogens (tertiary/aromatic N) is 1. The lowest BCUT2D eigenvalue weighted by Gasteiger charge is -2.09. The Balaban J connectivity index is 2.15. The van der Waals surface area contributed by atoms with E-state index in [4.69, 9.17) is 0 Å².